The first-order chi connectivity index (χ1) is 15.7. The Hall–Kier alpha value is -3.98. The van der Waals surface area contributed by atoms with E-state index in [0.29, 0.717) is 17.2 Å². The summed E-state index contributed by atoms with van der Waals surface area (Å²) in [5, 5.41) is 2.27. The van der Waals surface area contributed by atoms with Crippen LogP contribution in [0.5, 0.6) is 11.5 Å². The van der Waals surface area contributed by atoms with E-state index in [4.69, 9.17) is 17.0 Å². The minimum atomic E-state index is -4.55. The third-order valence-electron chi connectivity index (χ3n) is 4.70. The number of para-hydroxylation sites is 1. The molecule has 0 bridgehead atoms. The smallest absolute Gasteiger partial charge is 0.416 e. The molecule has 0 unspecified atom stereocenters. The van der Waals surface area contributed by atoms with Crippen molar-refractivity contribution in [2.75, 3.05) is 4.90 Å². The van der Waals surface area contributed by atoms with Gasteiger partial charge in [0, 0.05) is 0 Å². The van der Waals surface area contributed by atoms with Gasteiger partial charge in [-0.15, -0.1) is 0 Å². The number of hydrogen-bond acceptors (Lipinski definition) is 4. The summed E-state index contributed by atoms with van der Waals surface area (Å²) in [4.78, 5) is 26.5. The molecule has 1 fully saturated rings. The van der Waals surface area contributed by atoms with Gasteiger partial charge >= 0.3 is 6.18 Å². The summed E-state index contributed by atoms with van der Waals surface area (Å²) in [7, 11) is 0. The van der Waals surface area contributed by atoms with Gasteiger partial charge in [0.05, 0.1) is 11.3 Å². The Balaban J connectivity index is 1.61. The molecule has 0 atom stereocenters. The van der Waals surface area contributed by atoms with Crippen LogP contribution in [0.25, 0.3) is 6.08 Å². The van der Waals surface area contributed by atoms with Crippen LogP contribution in [0.4, 0.5) is 18.9 Å². The van der Waals surface area contributed by atoms with Crippen molar-refractivity contribution in [2.45, 2.75) is 6.18 Å². The maximum atomic E-state index is 13.1. The molecule has 0 aromatic heterocycles. The molecule has 4 rings (SSSR count). The number of thiocarbonyl (C=S) groups is 1. The third-order valence-corrected chi connectivity index (χ3v) is 4.99. The maximum absolute atomic E-state index is 13.1. The predicted octanol–water partition coefficient (Wildman–Crippen LogP) is 5.33. The molecular formula is C24H15F3N2O3S. The van der Waals surface area contributed by atoms with Crippen LogP contribution in [0.15, 0.2) is 84.4 Å². The predicted molar refractivity (Wildman–Crippen MR) is 121 cm³/mol. The van der Waals surface area contributed by atoms with Crippen molar-refractivity contribution in [3.8, 4) is 11.5 Å². The molecule has 1 aliphatic heterocycles. The van der Waals surface area contributed by atoms with E-state index in [1.807, 2.05) is 18.2 Å². The Kier molecular flexibility index (Phi) is 5.97. The minimum Gasteiger partial charge on any atom is -0.457 e. The lowest BCUT2D eigenvalue weighted by molar-refractivity contribution is -0.137. The van der Waals surface area contributed by atoms with E-state index in [1.165, 1.54) is 12.1 Å². The van der Waals surface area contributed by atoms with Crippen LogP contribution >= 0.6 is 12.2 Å². The standard InChI is InChI=1S/C24H15F3N2O3S/c25-24(26,27)16-6-4-5-15(13-16)14-20-21(30)28-23(33)29(22(20)31)17-9-11-19(12-10-17)32-18-7-2-1-3-8-18/h1-14H,(H,28,30,33)/b20-14+. The Morgan fingerprint density at radius 3 is 2.21 bits per heavy atom. The number of hydrogen-bond donors (Lipinski definition) is 1. The highest BCUT2D eigenvalue weighted by Crippen LogP contribution is 2.31. The highest BCUT2D eigenvalue weighted by atomic mass is 32.1. The number of nitrogens with one attached hydrogen (secondary N) is 1. The summed E-state index contributed by atoms with van der Waals surface area (Å²) in [6.45, 7) is 0. The lowest BCUT2D eigenvalue weighted by atomic mass is 10.0. The van der Waals surface area contributed by atoms with E-state index in [-0.39, 0.29) is 16.2 Å². The average molecular weight is 468 g/mol. The number of benzene rings is 3. The van der Waals surface area contributed by atoms with E-state index >= 15 is 0 Å². The van der Waals surface area contributed by atoms with Gasteiger partial charge in [0.25, 0.3) is 11.8 Å². The number of halogens is 3. The van der Waals surface area contributed by atoms with Crippen LogP contribution < -0.4 is 15.0 Å². The van der Waals surface area contributed by atoms with Crippen molar-refractivity contribution in [2.24, 2.45) is 0 Å². The first kappa shape index (κ1) is 22.2. The van der Waals surface area contributed by atoms with Gasteiger partial charge in [-0.05, 0) is 72.4 Å². The number of rotatable bonds is 4. The van der Waals surface area contributed by atoms with E-state index in [0.717, 1.165) is 23.1 Å². The van der Waals surface area contributed by atoms with Gasteiger partial charge in [0.2, 0.25) is 0 Å². The van der Waals surface area contributed by atoms with E-state index < -0.39 is 23.6 Å². The van der Waals surface area contributed by atoms with Crippen molar-refractivity contribution < 1.29 is 27.5 Å². The number of nitrogens with zero attached hydrogens (tertiary/aromatic N) is 1. The maximum Gasteiger partial charge on any atom is 0.416 e. The molecule has 9 heteroatoms. The summed E-state index contributed by atoms with van der Waals surface area (Å²) in [5.41, 5.74) is -0.808. The fourth-order valence-corrected chi connectivity index (χ4v) is 3.43. The molecule has 0 saturated carbocycles. The molecule has 166 valence electrons. The second-order valence-corrected chi connectivity index (χ2v) is 7.38. The molecule has 0 aliphatic carbocycles. The first-order valence-corrected chi connectivity index (χ1v) is 10.0. The SMILES string of the molecule is O=C1NC(=S)N(c2ccc(Oc3ccccc3)cc2)C(=O)/C1=C/c1cccc(C(F)(F)F)c1. The van der Waals surface area contributed by atoms with Crippen molar-refractivity contribution in [1.82, 2.24) is 5.32 Å². The van der Waals surface area contributed by atoms with E-state index in [1.54, 1.807) is 36.4 Å². The van der Waals surface area contributed by atoms with Gasteiger partial charge in [0.15, 0.2) is 5.11 Å². The number of ether oxygens (including phenoxy) is 1. The molecule has 2 amide bonds. The summed E-state index contributed by atoms with van der Waals surface area (Å²) in [6, 6.07) is 19.9. The number of anilines is 1. The Morgan fingerprint density at radius 2 is 1.55 bits per heavy atom. The molecular weight excluding hydrogens is 453 g/mol. The summed E-state index contributed by atoms with van der Waals surface area (Å²) in [5.74, 6) is -0.391. The van der Waals surface area contributed by atoms with Gasteiger partial charge < -0.3 is 4.74 Å². The summed E-state index contributed by atoms with van der Waals surface area (Å²) in [6.07, 6.45) is -3.45. The van der Waals surface area contributed by atoms with E-state index in [2.05, 4.69) is 5.32 Å². The zero-order chi connectivity index (χ0) is 23.6. The number of alkyl halides is 3. The highest BCUT2D eigenvalue weighted by Gasteiger charge is 2.35. The third kappa shape index (κ3) is 4.93. The average Bonchev–Trinajstić information content (AvgIpc) is 2.78. The van der Waals surface area contributed by atoms with Crippen LogP contribution in [0.2, 0.25) is 0 Å². The molecule has 1 aliphatic rings. The second-order valence-electron chi connectivity index (χ2n) is 6.99. The first-order valence-electron chi connectivity index (χ1n) is 9.64. The van der Waals surface area contributed by atoms with Crippen LogP contribution in [-0.4, -0.2) is 16.9 Å². The zero-order valence-corrected chi connectivity index (χ0v) is 17.6. The topological polar surface area (TPSA) is 58.6 Å². The molecule has 1 heterocycles. The lowest BCUT2D eigenvalue weighted by Crippen LogP contribution is -2.54. The molecule has 5 nitrogen and oxygen atoms in total. The number of carbonyl (C=O) groups excluding carboxylic acids is 2. The Morgan fingerprint density at radius 1 is 0.879 bits per heavy atom. The Labute approximate surface area is 192 Å². The normalized spacial score (nSPS) is 15.5. The van der Waals surface area contributed by atoms with Gasteiger partial charge in [-0.3, -0.25) is 19.8 Å². The Bertz CT molecular complexity index is 1260. The molecule has 1 saturated heterocycles. The zero-order valence-electron chi connectivity index (χ0n) is 16.8. The second kappa shape index (κ2) is 8.87. The largest absolute Gasteiger partial charge is 0.457 e. The molecule has 3 aromatic carbocycles. The van der Waals surface area contributed by atoms with Gasteiger partial charge in [-0.25, -0.2) is 0 Å². The molecule has 0 spiro atoms. The van der Waals surface area contributed by atoms with Crippen molar-refractivity contribution in [3.63, 3.8) is 0 Å². The molecule has 33 heavy (non-hydrogen) atoms. The van der Waals surface area contributed by atoms with Crippen molar-refractivity contribution >= 4 is 40.9 Å². The van der Waals surface area contributed by atoms with Crippen molar-refractivity contribution in [3.05, 3.63) is 95.6 Å². The fourth-order valence-electron chi connectivity index (χ4n) is 3.15. The van der Waals surface area contributed by atoms with Gasteiger partial charge in [-0.2, -0.15) is 13.2 Å². The number of carbonyl (C=O) groups is 2. The quantitative estimate of drug-likeness (QED) is 0.320. The van der Waals surface area contributed by atoms with Crippen LogP contribution in [0, 0.1) is 0 Å². The van der Waals surface area contributed by atoms with Crippen molar-refractivity contribution in [1.29, 1.82) is 0 Å². The monoisotopic (exact) mass is 468 g/mol. The van der Waals surface area contributed by atoms with Crippen LogP contribution in [0.3, 0.4) is 0 Å². The summed E-state index contributed by atoms with van der Waals surface area (Å²) >= 11 is 5.15. The van der Waals surface area contributed by atoms with Crippen LogP contribution in [0.1, 0.15) is 11.1 Å². The number of amides is 2. The van der Waals surface area contributed by atoms with E-state index in [9.17, 15) is 22.8 Å². The van der Waals surface area contributed by atoms with Gasteiger partial charge in [-0.1, -0.05) is 30.3 Å². The molecule has 3 aromatic rings. The highest BCUT2D eigenvalue weighted by molar-refractivity contribution is 7.80. The fraction of sp³-hybridized carbons (Fsp3) is 0.0417. The lowest BCUT2D eigenvalue weighted by Gasteiger charge is -2.29. The van der Waals surface area contributed by atoms with Crippen LogP contribution in [-0.2, 0) is 15.8 Å². The molecule has 1 N–H and O–H groups in total. The molecule has 0 radical (unpaired) electrons. The summed E-state index contributed by atoms with van der Waals surface area (Å²) < 4.78 is 44.7. The minimum absolute atomic E-state index is 0.0581. The van der Waals surface area contributed by atoms with Gasteiger partial charge in [0.1, 0.15) is 17.1 Å².